The van der Waals surface area contributed by atoms with Gasteiger partial charge in [-0.1, -0.05) is 23.4 Å². The maximum atomic E-state index is 8.77. The molecule has 0 saturated heterocycles. The fourth-order valence-electron chi connectivity index (χ4n) is 2.47. The summed E-state index contributed by atoms with van der Waals surface area (Å²) in [4.78, 5) is 0. The second-order valence-corrected chi connectivity index (χ2v) is 4.58. The van der Waals surface area contributed by atoms with Gasteiger partial charge in [-0.2, -0.15) is 0 Å². The van der Waals surface area contributed by atoms with Gasteiger partial charge in [0.2, 0.25) is 0 Å². The molecule has 0 aliphatic carbocycles. The molecule has 3 rings (SSSR count). The van der Waals surface area contributed by atoms with E-state index >= 15 is 0 Å². The minimum absolute atomic E-state index is 0.122. The zero-order valence-corrected chi connectivity index (χ0v) is 10.4. The topological polar surface area (TPSA) is 72.8 Å². The first kappa shape index (κ1) is 11.6. The van der Waals surface area contributed by atoms with E-state index < -0.39 is 0 Å². The van der Waals surface area contributed by atoms with E-state index in [1.807, 2.05) is 41.1 Å². The van der Waals surface area contributed by atoms with E-state index in [9.17, 15) is 0 Å². The standard InChI is InChI=1S/C14H15N3O2/c15-14(16-18)12-5-3-7-17(12)8-10-9-19-13-6-2-1-4-11(10)13/h1-7,10,18H,8-9H2,(H2,15,16). The molecule has 19 heavy (non-hydrogen) atoms. The molecule has 0 spiro atoms. The quantitative estimate of drug-likeness (QED) is 0.381. The highest BCUT2D eigenvalue weighted by Crippen LogP contribution is 2.34. The normalized spacial score (nSPS) is 18.1. The predicted molar refractivity (Wildman–Crippen MR) is 71.6 cm³/mol. The molecule has 2 aromatic rings. The van der Waals surface area contributed by atoms with Crippen molar-refractivity contribution < 1.29 is 9.94 Å². The number of fused-ring (bicyclic) bond motifs is 1. The van der Waals surface area contributed by atoms with Crippen molar-refractivity contribution in [2.75, 3.05) is 6.61 Å². The van der Waals surface area contributed by atoms with Gasteiger partial charge in [0.1, 0.15) is 5.75 Å². The molecule has 1 aliphatic heterocycles. The molecule has 1 atom stereocenters. The predicted octanol–water partition coefficient (Wildman–Crippen LogP) is 1.76. The zero-order chi connectivity index (χ0) is 13.2. The van der Waals surface area contributed by atoms with E-state index in [1.54, 1.807) is 0 Å². The Morgan fingerprint density at radius 3 is 3.05 bits per heavy atom. The van der Waals surface area contributed by atoms with Crippen LogP contribution in [-0.4, -0.2) is 22.2 Å². The molecule has 5 heteroatoms. The molecule has 2 heterocycles. The summed E-state index contributed by atoms with van der Waals surface area (Å²) in [5.74, 6) is 1.36. The van der Waals surface area contributed by atoms with E-state index in [4.69, 9.17) is 15.7 Å². The third-order valence-corrected chi connectivity index (χ3v) is 3.42. The van der Waals surface area contributed by atoms with Crippen LogP contribution >= 0.6 is 0 Å². The van der Waals surface area contributed by atoms with E-state index in [0.29, 0.717) is 12.3 Å². The average molecular weight is 257 g/mol. The zero-order valence-electron chi connectivity index (χ0n) is 10.4. The molecule has 98 valence electrons. The summed E-state index contributed by atoms with van der Waals surface area (Å²) < 4.78 is 7.64. The first-order chi connectivity index (χ1) is 9.29. The van der Waals surface area contributed by atoms with Crippen LogP contribution in [0.1, 0.15) is 17.2 Å². The van der Waals surface area contributed by atoms with E-state index in [-0.39, 0.29) is 11.8 Å². The van der Waals surface area contributed by atoms with Gasteiger partial charge in [-0.25, -0.2) is 0 Å². The van der Waals surface area contributed by atoms with Gasteiger partial charge < -0.3 is 20.2 Å². The molecule has 1 aliphatic rings. The van der Waals surface area contributed by atoms with Crippen molar-refractivity contribution >= 4 is 5.84 Å². The van der Waals surface area contributed by atoms with Gasteiger partial charge in [-0.05, 0) is 18.2 Å². The van der Waals surface area contributed by atoms with Gasteiger partial charge in [0.15, 0.2) is 5.84 Å². The van der Waals surface area contributed by atoms with Crippen molar-refractivity contribution in [1.82, 2.24) is 4.57 Å². The number of hydrogen-bond acceptors (Lipinski definition) is 3. The van der Waals surface area contributed by atoms with Crippen LogP contribution in [0.3, 0.4) is 0 Å². The summed E-state index contributed by atoms with van der Waals surface area (Å²) in [6, 6.07) is 11.8. The van der Waals surface area contributed by atoms with Gasteiger partial charge in [0.25, 0.3) is 0 Å². The lowest BCUT2D eigenvalue weighted by Gasteiger charge is -2.13. The molecule has 3 N–H and O–H groups in total. The van der Waals surface area contributed by atoms with E-state index in [2.05, 4.69) is 11.2 Å². The fourth-order valence-corrected chi connectivity index (χ4v) is 2.47. The summed E-state index contributed by atoms with van der Waals surface area (Å²) in [7, 11) is 0. The van der Waals surface area contributed by atoms with Crippen LogP contribution in [0.2, 0.25) is 0 Å². The molecule has 1 aromatic carbocycles. The lowest BCUT2D eigenvalue weighted by atomic mass is 10.0. The molecular weight excluding hydrogens is 242 g/mol. The second-order valence-electron chi connectivity index (χ2n) is 4.58. The van der Waals surface area contributed by atoms with E-state index in [0.717, 1.165) is 12.3 Å². The van der Waals surface area contributed by atoms with E-state index in [1.165, 1.54) is 5.56 Å². The Balaban J connectivity index is 1.86. The molecule has 0 saturated carbocycles. The molecule has 0 radical (unpaired) electrons. The van der Waals surface area contributed by atoms with Crippen LogP contribution in [0.5, 0.6) is 5.75 Å². The van der Waals surface area contributed by atoms with Gasteiger partial charge >= 0.3 is 0 Å². The van der Waals surface area contributed by atoms with Gasteiger partial charge in [0.05, 0.1) is 12.3 Å². The number of amidine groups is 1. The average Bonchev–Trinajstić information content (AvgIpc) is 3.06. The first-order valence-electron chi connectivity index (χ1n) is 6.14. The number of hydrogen-bond donors (Lipinski definition) is 2. The fraction of sp³-hybridized carbons (Fsp3) is 0.214. The third kappa shape index (κ3) is 2.03. The van der Waals surface area contributed by atoms with Gasteiger partial charge in [-0.3, -0.25) is 0 Å². The Bertz CT molecular complexity index is 619. The summed E-state index contributed by atoms with van der Waals surface area (Å²) in [5, 5.41) is 11.8. The molecule has 0 fully saturated rings. The van der Waals surface area contributed by atoms with Crippen LogP contribution in [-0.2, 0) is 6.54 Å². The number of nitrogens with zero attached hydrogens (tertiary/aromatic N) is 2. The van der Waals surface area contributed by atoms with Crippen LogP contribution in [0, 0.1) is 0 Å². The molecule has 1 aromatic heterocycles. The Hall–Kier alpha value is -2.43. The number of ether oxygens (including phenoxy) is 1. The number of benzene rings is 1. The molecule has 0 bridgehead atoms. The van der Waals surface area contributed by atoms with Crippen LogP contribution in [0.4, 0.5) is 0 Å². The second kappa shape index (κ2) is 4.68. The Labute approximate surface area is 110 Å². The Kier molecular flexibility index (Phi) is 2.87. The van der Waals surface area contributed by atoms with Crippen LogP contribution < -0.4 is 10.5 Å². The van der Waals surface area contributed by atoms with Crippen LogP contribution in [0.25, 0.3) is 0 Å². The summed E-state index contributed by atoms with van der Waals surface area (Å²) >= 11 is 0. The SMILES string of the molecule is N/C(=N/O)c1cccn1CC1COc2ccccc21. The maximum absolute atomic E-state index is 8.77. The highest BCUT2D eigenvalue weighted by atomic mass is 16.5. The molecular formula is C14H15N3O2. The summed E-state index contributed by atoms with van der Waals surface area (Å²) in [5.41, 5.74) is 7.58. The van der Waals surface area contributed by atoms with Crippen molar-refractivity contribution in [3.05, 3.63) is 53.9 Å². The summed E-state index contributed by atoms with van der Waals surface area (Å²) in [6.07, 6.45) is 1.92. The van der Waals surface area contributed by atoms with Gasteiger partial charge in [0, 0.05) is 24.2 Å². The number of nitrogens with two attached hydrogens (primary N) is 1. The summed E-state index contributed by atoms with van der Waals surface area (Å²) in [6.45, 7) is 1.41. The van der Waals surface area contributed by atoms with Gasteiger partial charge in [-0.15, -0.1) is 0 Å². The highest BCUT2D eigenvalue weighted by Gasteiger charge is 2.24. The number of rotatable bonds is 3. The van der Waals surface area contributed by atoms with Crippen molar-refractivity contribution in [2.24, 2.45) is 10.9 Å². The number of para-hydroxylation sites is 1. The van der Waals surface area contributed by atoms with Crippen molar-refractivity contribution in [3.8, 4) is 5.75 Å². The van der Waals surface area contributed by atoms with Crippen molar-refractivity contribution in [1.29, 1.82) is 0 Å². The smallest absolute Gasteiger partial charge is 0.186 e. The first-order valence-corrected chi connectivity index (χ1v) is 6.14. The maximum Gasteiger partial charge on any atom is 0.186 e. The number of oxime groups is 1. The monoisotopic (exact) mass is 257 g/mol. The molecule has 5 nitrogen and oxygen atoms in total. The highest BCUT2D eigenvalue weighted by molar-refractivity contribution is 5.95. The Morgan fingerprint density at radius 1 is 1.37 bits per heavy atom. The Morgan fingerprint density at radius 2 is 2.21 bits per heavy atom. The molecule has 0 amide bonds. The van der Waals surface area contributed by atoms with Crippen molar-refractivity contribution in [2.45, 2.75) is 12.5 Å². The minimum Gasteiger partial charge on any atom is -0.493 e. The van der Waals surface area contributed by atoms with Crippen LogP contribution in [0.15, 0.2) is 47.8 Å². The van der Waals surface area contributed by atoms with Crippen molar-refractivity contribution in [3.63, 3.8) is 0 Å². The minimum atomic E-state index is 0.122. The third-order valence-electron chi connectivity index (χ3n) is 3.42. The lowest BCUT2D eigenvalue weighted by molar-refractivity contribution is 0.315. The largest absolute Gasteiger partial charge is 0.493 e. The molecule has 1 unspecified atom stereocenters. The number of aromatic nitrogens is 1. The lowest BCUT2D eigenvalue weighted by Crippen LogP contribution is -2.20.